The first-order valence-corrected chi connectivity index (χ1v) is 8.97. The molecule has 1 heterocycles. The van der Waals surface area contributed by atoms with E-state index in [0.29, 0.717) is 16.3 Å². The van der Waals surface area contributed by atoms with Gasteiger partial charge in [-0.1, -0.05) is 23.2 Å². The Kier molecular flexibility index (Phi) is 5.92. The highest BCUT2D eigenvalue weighted by atomic mass is 35.5. The number of halogens is 2. The number of ether oxygens (including phenoxy) is 1. The Bertz CT molecular complexity index is 828. The number of benzene rings is 1. The molecule has 1 N–H and O–H groups in total. The molecule has 0 bridgehead atoms. The molecule has 0 radical (unpaired) electrons. The molecule has 1 aromatic carbocycles. The van der Waals surface area contributed by atoms with E-state index in [1.807, 2.05) is 6.07 Å². The zero-order valence-corrected chi connectivity index (χ0v) is 15.3. The summed E-state index contributed by atoms with van der Waals surface area (Å²) >= 11 is 11.7. The Balaban J connectivity index is 1.49. The number of nitrogens with one attached hydrogen (secondary N) is 1. The van der Waals surface area contributed by atoms with Gasteiger partial charge in [0.25, 0.3) is 5.91 Å². The highest BCUT2D eigenvalue weighted by molar-refractivity contribution is 6.31. The van der Waals surface area contributed by atoms with E-state index >= 15 is 0 Å². The Morgan fingerprint density at radius 2 is 1.92 bits per heavy atom. The van der Waals surface area contributed by atoms with Crippen LogP contribution in [-0.2, 0) is 0 Å². The standard InChI is InChI=1S/C18H16Cl2N4O2/c19-15-9-14(4-1-11(15)10-21)26-13-5-2-12(3-6-13)22-18(25)16-7-8-17(20)24-23-16/h1,4,7-9,12-13H,2-3,5-6H2,(H,22,25). The van der Waals surface area contributed by atoms with Gasteiger partial charge >= 0.3 is 0 Å². The molecule has 26 heavy (non-hydrogen) atoms. The van der Waals surface area contributed by atoms with Gasteiger partial charge in [0.2, 0.25) is 0 Å². The number of carbonyl (C=O) groups is 1. The van der Waals surface area contributed by atoms with E-state index in [1.165, 1.54) is 6.07 Å². The fourth-order valence-corrected chi connectivity index (χ4v) is 3.19. The van der Waals surface area contributed by atoms with Crippen LogP contribution in [0.25, 0.3) is 0 Å². The van der Waals surface area contributed by atoms with Gasteiger partial charge in [0, 0.05) is 12.1 Å². The summed E-state index contributed by atoms with van der Waals surface area (Å²) in [6, 6.07) is 10.2. The number of nitrogens with zero attached hydrogens (tertiary/aromatic N) is 3. The van der Waals surface area contributed by atoms with E-state index in [9.17, 15) is 4.79 Å². The average Bonchev–Trinajstić information content (AvgIpc) is 2.64. The molecule has 134 valence electrons. The number of nitriles is 1. The summed E-state index contributed by atoms with van der Waals surface area (Å²) in [6.45, 7) is 0. The van der Waals surface area contributed by atoms with Crippen molar-refractivity contribution in [2.24, 2.45) is 0 Å². The van der Waals surface area contributed by atoms with E-state index in [2.05, 4.69) is 15.5 Å². The predicted octanol–water partition coefficient (Wildman–Crippen LogP) is 3.78. The third kappa shape index (κ3) is 4.63. The first-order chi connectivity index (χ1) is 12.5. The van der Waals surface area contributed by atoms with E-state index in [0.717, 1.165) is 25.7 Å². The minimum Gasteiger partial charge on any atom is -0.490 e. The van der Waals surface area contributed by atoms with Crippen LogP contribution in [0.5, 0.6) is 5.75 Å². The molecule has 0 spiro atoms. The summed E-state index contributed by atoms with van der Waals surface area (Å²) in [5.74, 6) is 0.398. The van der Waals surface area contributed by atoms with E-state index in [4.69, 9.17) is 33.2 Å². The maximum Gasteiger partial charge on any atom is 0.272 e. The zero-order valence-electron chi connectivity index (χ0n) is 13.8. The molecule has 1 amide bonds. The van der Waals surface area contributed by atoms with Crippen LogP contribution < -0.4 is 10.1 Å². The van der Waals surface area contributed by atoms with E-state index in [-0.39, 0.29) is 28.9 Å². The molecule has 8 heteroatoms. The zero-order chi connectivity index (χ0) is 18.5. The fourth-order valence-electron chi connectivity index (χ4n) is 2.87. The van der Waals surface area contributed by atoms with E-state index in [1.54, 1.807) is 24.3 Å². The summed E-state index contributed by atoms with van der Waals surface area (Å²) in [4.78, 5) is 12.2. The highest BCUT2D eigenvalue weighted by Gasteiger charge is 2.24. The molecule has 0 unspecified atom stereocenters. The SMILES string of the molecule is N#Cc1ccc(OC2CCC(NC(=O)c3ccc(Cl)nn3)CC2)cc1Cl. The second-order valence-electron chi connectivity index (χ2n) is 6.06. The van der Waals surface area contributed by atoms with Gasteiger partial charge in [-0.3, -0.25) is 4.79 Å². The van der Waals surface area contributed by atoms with Crippen molar-refractivity contribution < 1.29 is 9.53 Å². The maximum atomic E-state index is 12.2. The number of hydrogen-bond acceptors (Lipinski definition) is 5. The second-order valence-corrected chi connectivity index (χ2v) is 6.85. The Hall–Kier alpha value is -2.36. The minimum absolute atomic E-state index is 0.0578. The summed E-state index contributed by atoms with van der Waals surface area (Å²) in [5.41, 5.74) is 0.677. The maximum absolute atomic E-state index is 12.2. The lowest BCUT2D eigenvalue weighted by molar-refractivity contribution is 0.0888. The predicted molar refractivity (Wildman–Crippen MR) is 97.3 cm³/mol. The molecule has 6 nitrogen and oxygen atoms in total. The Labute approximate surface area is 161 Å². The molecule has 1 aliphatic rings. The van der Waals surface area contributed by atoms with Gasteiger partial charge in [-0.05, 0) is 49.9 Å². The van der Waals surface area contributed by atoms with Crippen LogP contribution in [0, 0.1) is 11.3 Å². The first-order valence-electron chi connectivity index (χ1n) is 8.21. The molecule has 0 atom stereocenters. The van der Waals surface area contributed by atoms with Gasteiger partial charge in [0.05, 0.1) is 16.7 Å². The molecule has 0 aliphatic heterocycles. The molecule has 0 saturated heterocycles. The van der Waals surface area contributed by atoms with Crippen molar-refractivity contribution in [1.82, 2.24) is 15.5 Å². The van der Waals surface area contributed by atoms with Crippen LogP contribution in [0.3, 0.4) is 0 Å². The Morgan fingerprint density at radius 3 is 2.54 bits per heavy atom. The molecule has 1 fully saturated rings. The van der Waals surface area contributed by atoms with Gasteiger partial charge in [-0.25, -0.2) is 0 Å². The fraction of sp³-hybridized carbons (Fsp3) is 0.333. The molecule has 3 rings (SSSR count). The quantitative estimate of drug-likeness (QED) is 0.857. The third-order valence-corrected chi connectivity index (χ3v) is 4.75. The number of rotatable bonds is 4. The smallest absolute Gasteiger partial charge is 0.272 e. The van der Waals surface area contributed by atoms with Crippen molar-refractivity contribution in [2.45, 2.75) is 37.8 Å². The van der Waals surface area contributed by atoms with Gasteiger partial charge in [-0.2, -0.15) is 5.26 Å². The monoisotopic (exact) mass is 390 g/mol. The van der Waals surface area contributed by atoms with Crippen molar-refractivity contribution in [2.75, 3.05) is 0 Å². The molecular formula is C18H16Cl2N4O2. The van der Waals surface area contributed by atoms with Gasteiger partial charge in [-0.15, -0.1) is 10.2 Å². The van der Waals surface area contributed by atoms with Gasteiger partial charge < -0.3 is 10.1 Å². The summed E-state index contributed by atoms with van der Waals surface area (Å²) < 4.78 is 5.94. The summed E-state index contributed by atoms with van der Waals surface area (Å²) in [5, 5.41) is 20.0. The van der Waals surface area contributed by atoms with Crippen LogP contribution in [0.2, 0.25) is 10.2 Å². The van der Waals surface area contributed by atoms with Crippen LogP contribution in [0.1, 0.15) is 41.7 Å². The molecule has 1 aliphatic carbocycles. The number of amides is 1. The molecular weight excluding hydrogens is 375 g/mol. The van der Waals surface area contributed by atoms with Gasteiger partial charge in [0.1, 0.15) is 11.8 Å². The van der Waals surface area contributed by atoms with E-state index < -0.39 is 0 Å². The van der Waals surface area contributed by atoms with Crippen molar-refractivity contribution in [1.29, 1.82) is 5.26 Å². The molecule has 1 saturated carbocycles. The van der Waals surface area contributed by atoms with Crippen LogP contribution in [-0.4, -0.2) is 28.3 Å². The number of aromatic nitrogens is 2. The van der Waals surface area contributed by atoms with Crippen molar-refractivity contribution in [3.63, 3.8) is 0 Å². The normalized spacial score (nSPS) is 19.4. The van der Waals surface area contributed by atoms with Crippen molar-refractivity contribution in [3.05, 3.63) is 51.8 Å². The summed E-state index contributed by atoms with van der Waals surface area (Å²) in [7, 11) is 0. The lowest BCUT2D eigenvalue weighted by Crippen LogP contribution is -2.40. The first kappa shape index (κ1) is 18.4. The van der Waals surface area contributed by atoms with Crippen molar-refractivity contribution in [3.8, 4) is 11.8 Å². The van der Waals surface area contributed by atoms with Crippen molar-refractivity contribution >= 4 is 29.1 Å². The summed E-state index contributed by atoms with van der Waals surface area (Å²) in [6.07, 6.45) is 3.30. The largest absolute Gasteiger partial charge is 0.490 e. The highest BCUT2D eigenvalue weighted by Crippen LogP contribution is 2.27. The molecule has 1 aromatic heterocycles. The van der Waals surface area contributed by atoms with Crippen LogP contribution in [0.4, 0.5) is 0 Å². The second kappa shape index (κ2) is 8.35. The number of carbonyl (C=O) groups excluding carboxylic acids is 1. The lowest BCUT2D eigenvalue weighted by Gasteiger charge is -2.29. The minimum atomic E-state index is -0.252. The molecule has 2 aromatic rings. The average molecular weight is 391 g/mol. The Morgan fingerprint density at radius 1 is 1.15 bits per heavy atom. The van der Waals surface area contributed by atoms with Crippen LogP contribution in [0.15, 0.2) is 30.3 Å². The topological polar surface area (TPSA) is 87.9 Å². The number of hydrogen-bond donors (Lipinski definition) is 1. The van der Waals surface area contributed by atoms with Crippen LogP contribution >= 0.6 is 23.2 Å². The third-order valence-electron chi connectivity index (χ3n) is 4.24. The van der Waals surface area contributed by atoms with Gasteiger partial charge in [0.15, 0.2) is 10.8 Å². The lowest BCUT2D eigenvalue weighted by atomic mass is 9.93.